The van der Waals surface area contributed by atoms with Crippen molar-refractivity contribution < 1.29 is 90.5 Å². The zero-order valence-electron chi connectivity index (χ0n) is 26.9. The molecule has 19 nitrogen and oxygen atoms in total. The predicted octanol–water partition coefficient (Wildman–Crippen LogP) is -0.831. The Hall–Kier alpha value is -4.36. The number of ether oxygens (including phenoxy) is 11. The van der Waals surface area contributed by atoms with Crippen LogP contribution in [0.3, 0.4) is 0 Å². The molecule has 2 heterocycles. The van der Waals surface area contributed by atoms with Gasteiger partial charge in [0.25, 0.3) is 0 Å². The molecule has 0 aromatic carbocycles. The van der Waals surface area contributed by atoms with Crippen LogP contribution in [-0.4, -0.2) is 122 Å². The normalized spacial score (nSPS) is 30.0. The molecule has 0 saturated carbocycles. The molecule has 0 bridgehead atoms. The molecule has 264 valence electrons. The average molecular weight is 679 g/mol. The van der Waals surface area contributed by atoms with E-state index in [1.807, 2.05) is 0 Å². The molecule has 10 atom stereocenters. The first-order valence-electron chi connectivity index (χ1n) is 14.2. The second-order valence-electron chi connectivity index (χ2n) is 10.3. The molecule has 0 radical (unpaired) electrons. The molecule has 2 rings (SSSR count). The smallest absolute Gasteiger partial charge is 0.305 e. The third-order valence-electron chi connectivity index (χ3n) is 6.15. The van der Waals surface area contributed by atoms with E-state index in [0.717, 1.165) is 55.4 Å². The summed E-state index contributed by atoms with van der Waals surface area (Å²) in [6.45, 7) is 7.09. The summed E-state index contributed by atoms with van der Waals surface area (Å²) in [5, 5.41) is 0. The summed E-state index contributed by atoms with van der Waals surface area (Å²) in [6, 6.07) is 0. The first-order chi connectivity index (χ1) is 21.9. The van der Waals surface area contributed by atoms with Crippen LogP contribution in [0.2, 0.25) is 0 Å². The van der Waals surface area contributed by atoms with Gasteiger partial charge in [0.1, 0.15) is 18.8 Å². The number of esters is 8. The third kappa shape index (κ3) is 12.1. The summed E-state index contributed by atoms with van der Waals surface area (Å²) in [7, 11) is 0. The zero-order valence-corrected chi connectivity index (χ0v) is 26.9. The molecular formula is C28H38O19. The predicted molar refractivity (Wildman–Crippen MR) is 145 cm³/mol. The van der Waals surface area contributed by atoms with Crippen molar-refractivity contribution in [3.8, 4) is 0 Å². The van der Waals surface area contributed by atoms with Gasteiger partial charge in [0.2, 0.25) is 12.4 Å². The Labute approximate surface area is 268 Å². The van der Waals surface area contributed by atoms with Crippen molar-refractivity contribution in [2.24, 2.45) is 0 Å². The van der Waals surface area contributed by atoms with Gasteiger partial charge in [-0.05, 0) is 0 Å². The van der Waals surface area contributed by atoms with Gasteiger partial charge in [-0.3, -0.25) is 38.4 Å². The van der Waals surface area contributed by atoms with Gasteiger partial charge in [-0.1, -0.05) is 0 Å². The number of carbonyl (C=O) groups is 8. The standard InChI is InChI=1S/C28H38O19/c1-11(29)37-9-19-21(39-12(2)30)23(41-14(4)32)25(43-16(6)34)27(46-19)38-10-20-22(40-13(3)31)24(42-15(5)33)26(44-17(7)35)28(47-20)45-18(8)36/h19-28H,9-10H2,1-8H3/t19-,20+,21+,22+,23+,24+,25+,26+,27+,28+/m0/s1. The third-order valence-corrected chi connectivity index (χ3v) is 6.15. The Morgan fingerprint density at radius 1 is 0.383 bits per heavy atom. The molecule has 0 aliphatic carbocycles. The molecule has 2 aliphatic rings. The SMILES string of the molecule is CC(=O)OC[C@@H]1O[C@@H](OC[C@H]2O[C@@H](OC(C)=O)[C@H](OC(C)=O)[C@H](OC(C)=O)[C@@H]2OC(C)=O)[C@H](OC(C)=O)[C@H](OC(C)=O)[C@@H]1OC(C)=O. The van der Waals surface area contributed by atoms with Crippen LogP contribution in [0.4, 0.5) is 0 Å². The van der Waals surface area contributed by atoms with Crippen LogP contribution in [0.15, 0.2) is 0 Å². The molecule has 0 unspecified atom stereocenters. The number of carbonyl (C=O) groups excluding carboxylic acids is 8. The maximum Gasteiger partial charge on any atom is 0.305 e. The summed E-state index contributed by atoms with van der Waals surface area (Å²) in [5.41, 5.74) is 0. The van der Waals surface area contributed by atoms with E-state index in [4.69, 9.17) is 52.1 Å². The minimum atomic E-state index is -1.71. The fourth-order valence-electron chi connectivity index (χ4n) is 4.76. The van der Waals surface area contributed by atoms with E-state index in [1.165, 1.54) is 0 Å². The second kappa shape index (κ2) is 17.5. The van der Waals surface area contributed by atoms with Gasteiger partial charge >= 0.3 is 47.8 Å². The molecule has 0 amide bonds. The molecule has 0 aromatic rings. The highest BCUT2D eigenvalue weighted by Gasteiger charge is 2.56. The Kier molecular flexibility index (Phi) is 14.5. The highest BCUT2D eigenvalue weighted by molar-refractivity contribution is 5.70. The van der Waals surface area contributed by atoms with E-state index in [1.54, 1.807) is 0 Å². The Morgan fingerprint density at radius 3 is 1.09 bits per heavy atom. The molecule has 47 heavy (non-hydrogen) atoms. The number of rotatable bonds is 12. The maximum atomic E-state index is 12.1. The van der Waals surface area contributed by atoms with Gasteiger partial charge in [0.15, 0.2) is 36.8 Å². The molecule has 0 aromatic heterocycles. The molecule has 2 saturated heterocycles. The number of hydrogen-bond acceptors (Lipinski definition) is 19. The summed E-state index contributed by atoms with van der Waals surface area (Å²) in [6.07, 6.45) is -15.6. The largest absolute Gasteiger partial charge is 0.463 e. The zero-order chi connectivity index (χ0) is 35.6. The fraction of sp³-hybridized carbons (Fsp3) is 0.714. The lowest BCUT2D eigenvalue weighted by Crippen LogP contribution is -2.65. The van der Waals surface area contributed by atoms with Gasteiger partial charge in [-0.25, -0.2) is 0 Å². The van der Waals surface area contributed by atoms with E-state index in [0.29, 0.717) is 0 Å². The highest BCUT2D eigenvalue weighted by Crippen LogP contribution is 2.33. The number of hydrogen-bond donors (Lipinski definition) is 0. The fourth-order valence-corrected chi connectivity index (χ4v) is 4.76. The van der Waals surface area contributed by atoms with E-state index < -0.39 is 122 Å². The first kappa shape index (κ1) is 38.8. The van der Waals surface area contributed by atoms with Crippen molar-refractivity contribution in [2.75, 3.05) is 13.2 Å². The van der Waals surface area contributed by atoms with Crippen LogP contribution in [0.5, 0.6) is 0 Å². The van der Waals surface area contributed by atoms with E-state index in [2.05, 4.69) is 0 Å². The van der Waals surface area contributed by atoms with Gasteiger partial charge in [0.05, 0.1) is 6.61 Å². The average Bonchev–Trinajstić information content (AvgIpc) is 2.91. The van der Waals surface area contributed by atoms with Crippen molar-refractivity contribution in [1.82, 2.24) is 0 Å². The Balaban J connectivity index is 2.56. The van der Waals surface area contributed by atoms with Crippen molar-refractivity contribution in [1.29, 1.82) is 0 Å². The summed E-state index contributed by atoms with van der Waals surface area (Å²) in [5.74, 6) is -6.93. The minimum Gasteiger partial charge on any atom is -0.463 e. The van der Waals surface area contributed by atoms with Crippen LogP contribution in [0.25, 0.3) is 0 Å². The summed E-state index contributed by atoms with van der Waals surface area (Å²) >= 11 is 0. The van der Waals surface area contributed by atoms with E-state index in [-0.39, 0.29) is 0 Å². The second-order valence-corrected chi connectivity index (χ2v) is 10.3. The van der Waals surface area contributed by atoms with Crippen LogP contribution < -0.4 is 0 Å². The van der Waals surface area contributed by atoms with Crippen molar-refractivity contribution in [3.05, 3.63) is 0 Å². The van der Waals surface area contributed by atoms with Crippen LogP contribution >= 0.6 is 0 Å². The lowest BCUT2D eigenvalue weighted by molar-refractivity contribution is -0.331. The maximum absolute atomic E-state index is 12.1. The van der Waals surface area contributed by atoms with Crippen molar-refractivity contribution >= 4 is 47.8 Å². The minimum absolute atomic E-state index is 0.541. The van der Waals surface area contributed by atoms with Crippen LogP contribution in [0, 0.1) is 0 Å². The van der Waals surface area contributed by atoms with Gasteiger partial charge in [-0.15, -0.1) is 0 Å². The van der Waals surface area contributed by atoms with E-state index in [9.17, 15) is 38.4 Å². The molecule has 2 aliphatic heterocycles. The van der Waals surface area contributed by atoms with Gasteiger partial charge in [-0.2, -0.15) is 0 Å². The van der Waals surface area contributed by atoms with Crippen molar-refractivity contribution in [2.45, 2.75) is 117 Å². The topological polar surface area (TPSA) is 238 Å². The quantitative estimate of drug-likeness (QED) is 0.181. The van der Waals surface area contributed by atoms with Crippen LogP contribution in [-0.2, 0) is 90.5 Å². The lowest BCUT2D eigenvalue weighted by atomic mass is 9.97. The highest BCUT2D eigenvalue weighted by atomic mass is 16.8. The summed E-state index contributed by atoms with van der Waals surface area (Å²) in [4.78, 5) is 95.9. The molecule has 19 heteroatoms. The Bertz CT molecular complexity index is 1200. The monoisotopic (exact) mass is 678 g/mol. The molecule has 2 fully saturated rings. The van der Waals surface area contributed by atoms with Gasteiger partial charge in [0, 0.05) is 55.4 Å². The molecule has 0 N–H and O–H groups in total. The first-order valence-corrected chi connectivity index (χ1v) is 14.2. The molecule has 0 spiro atoms. The van der Waals surface area contributed by atoms with Gasteiger partial charge < -0.3 is 52.1 Å². The van der Waals surface area contributed by atoms with E-state index >= 15 is 0 Å². The molecular weight excluding hydrogens is 640 g/mol. The van der Waals surface area contributed by atoms with Crippen molar-refractivity contribution in [3.63, 3.8) is 0 Å². The Morgan fingerprint density at radius 2 is 0.702 bits per heavy atom. The summed E-state index contributed by atoms with van der Waals surface area (Å²) < 4.78 is 59.8. The van der Waals surface area contributed by atoms with Crippen LogP contribution in [0.1, 0.15) is 55.4 Å². The lowest BCUT2D eigenvalue weighted by Gasteiger charge is -2.46.